The van der Waals surface area contributed by atoms with Gasteiger partial charge in [-0.3, -0.25) is 4.79 Å². The molecular weight excluding hydrogens is 464 g/mol. The van der Waals surface area contributed by atoms with Crippen LogP contribution < -0.4 is 15.5 Å². The molecule has 2 aromatic heterocycles. The summed E-state index contributed by atoms with van der Waals surface area (Å²) in [5.41, 5.74) is 1.72. The number of thiazole rings is 1. The predicted octanol–water partition coefficient (Wildman–Crippen LogP) is 3.06. The van der Waals surface area contributed by atoms with Gasteiger partial charge in [0, 0.05) is 31.2 Å². The lowest BCUT2D eigenvalue weighted by atomic mass is 9.99. The van der Waals surface area contributed by atoms with Gasteiger partial charge in [-0.2, -0.15) is 0 Å². The summed E-state index contributed by atoms with van der Waals surface area (Å²) in [6.45, 7) is 3.33. The average Bonchev–Trinajstić information content (AvgIpc) is 3.36. The molecule has 2 atom stereocenters. The minimum absolute atomic E-state index is 0.0391. The molecule has 3 aromatic rings. The number of piperidine rings is 1. The normalized spacial score (nSPS) is 20.8. The second-order valence-electron chi connectivity index (χ2n) is 8.53. The first kappa shape index (κ1) is 22.1. The number of nitrogens with zero attached hydrogens (tertiary/aromatic N) is 3. The van der Waals surface area contributed by atoms with E-state index in [1.807, 2.05) is 13.0 Å². The highest BCUT2D eigenvalue weighted by molar-refractivity contribution is 7.22. The van der Waals surface area contributed by atoms with Crippen LogP contribution in [0.4, 0.5) is 5.13 Å². The number of imidazole rings is 1. The Morgan fingerprint density at radius 1 is 1.27 bits per heavy atom. The van der Waals surface area contributed by atoms with Crippen LogP contribution >= 0.6 is 22.9 Å². The number of halogens is 1. The first-order valence-electron chi connectivity index (χ1n) is 11.1. The van der Waals surface area contributed by atoms with Crippen molar-refractivity contribution in [1.29, 1.82) is 0 Å². The van der Waals surface area contributed by atoms with E-state index in [4.69, 9.17) is 16.6 Å². The Morgan fingerprint density at radius 2 is 2.09 bits per heavy atom. The van der Waals surface area contributed by atoms with Crippen molar-refractivity contribution in [3.05, 3.63) is 40.4 Å². The molecule has 4 N–H and O–H groups in total. The van der Waals surface area contributed by atoms with Crippen molar-refractivity contribution in [2.45, 2.75) is 50.7 Å². The van der Waals surface area contributed by atoms with E-state index >= 15 is 0 Å². The van der Waals surface area contributed by atoms with E-state index in [1.165, 1.54) is 11.3 Å². The molecular formula is C22H25ClN6O3S. The monoisotopic (exact) mass is 488 g/mol. The van der Waals surface area contributed by atoms with Gasteiger partial charge in [0.05, 0.1) is 21.5 Å². The number of aryl methyl sites for hydroxylation is 1. The summed E-state index contributed by atoms with van der Waals surface area (Å²) < 4.78 is 0.684. The van der Waals surface area contributed by atoms with Gasteiger partial charge in [-0.05, 0) is 37.8 Å². The third-order valence-electron chi connectivity index (χ3n) is 6.16. The number of hydrogen-bond donors (Lipinski definition) is 4. The van der Waals surface area contributed by atoms with Crippen LogP contribution in [0.5, 0.6) is 0 Å². The molecule has 1 aromatic carbocycles. The van der Waals surface area contributed by atoms with Gasteiger partial charge in [-0.25, -0.2) is 14.8 Å². The minimum atomic E-state index is -0.949. The molecule has 0 radical (unpaired) electrons. The van der Waals surface area contributed by atoms with Gasteiger partial charge >= 0.3 is 5.97 Å². The fourth-order valence-corrected chi connectivity index (χ4v) is 5.60. The summed E-state index contributed by atoms with van der Waals surface area (Å²) in [4.78, 5) is 38.5. The van der Waals surface area contributed by atoms with Crippen LogP contribution in [0.15, 0.2) is 18.2 Å². The molecule has 0 bridgehead atoms. The number of nitrogens with one attached hydrogen (secondary N) is 3. The van der Waals surface area contributed by atoms with Gasteiger partial charge in [-0.15, -0.1) is 0 Å². The first-order valence-corrected chi connectivity index (χ1v) is 12.3. The van der Waals surface area contributed by atoms with Crippen LogP contribution in [0.3, 0.4) is 0 Å². The number of aromatic amines is 1. The Morgan fingerprint density at radius 3 is 2.79 bits per heavy atom. The Labute approximate surface area is 199 Å². The average molecular weight is 489 g/mol. The summed E-state index contributed by atoms with van der Waals surface area (Å²) in [6.07, 6.45) is 3.67. The Kier molecular flexibility index (Phi) is 5.98. The number of aromatic carboxylic acids is 1. The van der Waals surface area contributed by atoms with Crippen LogP contribution in [0.1, 0.15) is 52.9 Å². The van der Waals surface area contributed by atoms with Crippen molar-refractivity contribution in [1.82, 2.24) is 25.6 Å². The Balaban J connectivity index is 1.34. The van der Waals surface area contributed by atoms with Crippen molar-refractivity contribution < 1.29 is 14.7 Å². The third-order valence-corrected chi connectivity index (χ3v) is 7.64. The molecule has 2 aliphatic rings. The number of fused-ring (bicyclic) bond motifs is 1. The van der Waals surface area contributed by atoms with Gasteiger partial charge < -0.3 is 25.6 Å². The number of carbonyl (C=O) groups is 2. The fourth-order valence-electron chi connectivity index (χ4n) is 4.23. The van der Waals surface area contributed by atoms with Gasteiger partial charge in [0.25, 0.3) is 5.91 Å². The predicted molar refractivity (Wildman–Crippen MR) is 128 cm³/mol. The number of benzene rings is 1. The number of carboxylic acids is 1. The third kappa shape index (κ3) is 4.55. The van der Waals surface area contributed by atoms with E-state index in [9.17, 15) is 14.7 Å². The second kappa shape index (κ2) is 8.92. The minimum Gasteiger partial charge on any atom is -0.478 e. The fraction of sp³-hybridized carbons (Fsp3) is 0.455. The number of amides is 1. The molecule has 11 heteroatoms. The molecule has 1 aliphatic heterocycles. The van der Waals surface area contributed by atoms with Gasteiger partial charge in [0.15, 0.2) is 16.1 Å². The van der Waals surface area contributed by atoms with Crippen LogP contribution in [-0.2, 0) is 6.42 Å². The topological polar surface area (TPSA) is 123 Å². The summed E-state index contributed by atoms with van der Waals surface area (Å²) in [5, 5.41) is 17.4. The smallest absolute Gasteiger partial charge is 0.337 e. The van der Waals surface area contributed by atoms with E-state index < -0.39 is 5.97 Å². The van der Waals surface area contributed by atoms with E-state index in [2.05, 4.69) is 25.5 Å². The lowest BCUT2D eigenvalue weighted by Gasteiger charge is -2.39. The zero-order valence-electron chi connectivity index (χ0n) is 18.1. The second-order valence-corrected chi connectivity index (χ2v) is 9.86. The number of hydrogen-bond acceptors (Lipinski definition) is 7. The quantitative estimate of drug-likeness (QED) is 0.403. The van der Waals surface area contributed by atoms with Gasteiger partial charge in [0.1, 0.15) is 0 Å². The SMILES string of the molecule is CCc1[nH]c(C(=O)N[C@@H]2CCN(c3nc4cccc(C(=O)O)c4s3)C[C@H]2NC2CC2)nc1Cl. The molecule has 1 saturated carbocycles. The number of carbonyl (C=O) groups excluding carboxylic acids is 1. The Bertz CT molecular complexity index is 1210. The summed E-state index contributed by atoms with van der Waals surface area (Å²) in [7, 11) is 0. The van der Waals surface area contributed by atoms with E-state index in [0.29, 0.717) is 40.9 Å². The van der Waals surface area contributed by atoms with Gasteiger partial charge in [-0.1, -0.05) is 35.9 Å². The molecule has 1 aliphatic carbocycles. The van der Waals surface area contributed by atoms with Crippen LogP contribution in [-0.4, -0.2) is 63.1 Å². The van der Waals surface area contributed by atoms with E-state index in [1.54, 1.807) is 12.1 Å². The van der Waals surface area contributed by atoms with Crippen molar-refractivity contribution in [2.24, 2.45) is 0 Å². The molecule has 3 heterocycles. The van der Waals surface area contributed by atoms with Gasteiger partial charge in [0.2, 0.25) is 0 Å². The molecule has 1 saturated heterocycles. The molecule has 1 amide bonds. The summed E-state index contributed by atoms with van der Waals surface area (Å²) in [6, 6.07) is 5.61. The Hall–Kier alpha value is -2.69. The number of aromatic nitrogens is 3. The lowest BCUT2D eigenvalue weighted by molar-refractivity contribution is 0.0699. The molecule has 174 valence electrons. The number of carboxylic acid groups (broad SMARTS) is 1. The lowest BCUT2D eigenvalue weighted by Crippen LogP contribution is -2.60. The highest BCUT2D eigenvalue weighted by Gasteiger charge is 2.36. The standard InChI is InChI=1S/C22H25ClN6O3S/c1-2-13-18(23)28-19(25-13)20(30)26-14-8-9-29(10-16(14)24-11-6-7-11)22-27-15-5-3-4-12(21(31)32)17(15)33-22/h3-5,11,14,16,24H,2,6-10H2,1H3,(H,25,28)(H,26,30)(H,31,32)/t14-,16-/m1/s1. The highest BCUT2D eigenvalue weighted by Crippen LogP contribution is 2.33. The maximum atomic E-state index is 12.8. The zero-order chi connectivity index (χ0) is 23.1. The summed E-state index contributed by atoms with van der Waals surface area (Å²) >= 11 is 7.51. The maximum Gasteiger partial charge on any atom is 0.337 e. The molecule has 33 heavy (non-hydrogen) atoms. The first-order chi connectivity index (χ1) is 15.9. The number of H-pyrrole nitrogens is 1. The van der Waals surface area contributed by atoms with Crippen LogP contribution in [0, 0.1) is 0 Å². The van der Waals surface area contributed by atoms with E-state index in [0.717, 1.165) is 30.1 Å². The molecule has 9 nitrogen and oxygen atoms in total. The van der Waals surface area contributed by atoms with Crippen LogP contribution in [0.25, 0.3) is 10.2 Å². The summed E-state index contributed by atoms with van der Waals surface area (Å²) in [5.74, 6) is -0.977. The maximum absolute atomic E-state index is 12.8. The zero-order valence-corrected chi connectivity index (χ0v) is 19.7. The molecule has 0 spiro atoms. The van der Waals surface area contributed by atoms with Crippen LogP contribution in [0.2, 0.25) is 5.15 Å². The largest absolute Gasteiger partial charge is 0.478 e. The number of anilines is 1. The number of rotatable bonds is 7. The van der Waals surface area contributed by atoms with Crippen molar-refractivity contribution in [2.75, 3.05) is 18.0 Å². The molecule has 5 rings (SSSR count). The van der Waals surface area contributed by atoms with Crippen molar-refractivity contribution in [3.63, 3.8) is 0 Å². The van der Waals surface area contributed by atoms with Crippen molar-refractivity contribution in [3.8, 4) is 0 Å². The molecule has 0 unspecified atom stereocenters. The van der Waals surface area contributed by atoms with E-state index in [-0.39, 0.29) is 29.4 Å². The van der Waals surface area contributed by atoms with Crippen molar-refractivity contribution >= 4 is 50.2 Å². The highest BCUT2D eigenvalue weighted by atomic mass is 35.5. The molecule has 2 fully saturated rings.